The summed E-state index contributed by atoms with van der Waals surface area (Å²) < 4.78 is 23.1. The van der Waals surface area contributed by atoms with Crippen molar-refractivity contribution < 1.29 is 13.2 Å². The van der Waals surface area contributed by atoms with Gasteiger partial charge in [0.15, 0.2) is 9.84 Å². The lowest BCUT2D eigenvalue weighted by Crippen LogP contribution is -2.48. The van der Waals surface area contributed by atoms with Crippen LogP contribution in [0.3, 0.4) is 0 Å². The molecule has 6 nitrogen and oxygen atoms in total. The fourth-order valence-electron chi connectivity index (χ4n) is 2.90. The van der Waals surface area contributed by atoms with Gasteiger partial charge in [0.05, 0.1) is 23.6 Å². The molecule has 0 radical (unpaired) electrons. The molecule has 2 aromatic heterocycles. The molecule has 2 N–H and O–H groups in total. The fraction of sp³-hybridized carbons (Fsp3) is 0.500. The second-order valence-electron chi connectivity index (χ2n) is 6.26. The Morgan fingerprint density at radius 3 is 2.88 bits per heavy atom. The summed E-state index contributed by atoms with van der Waals surface area (Å²) in [7, 11) is -2.96. The maximum absolute atomic E-state index is 12.6. The van der Waals surface area contributed by atoms with Crippen LogP contribution in [-0.4, -0.2) is 42.9 Å². The first-order valence-corrected chi connectivity index (χ1v) is 11.7. The van der Waals surface area contributed by atoms with E-state index in [0.29, 0.717) is 12.8 Å². The first-order chi connectivity index (χ1) is 11.9. The van der Waals surface area contributed by atoms with Crippen molar-refractivity contribution in [3.63, 3.8) is 0 Å². The van der Waals surface area contributed by atoms with E-state index in [4.69, 9.17) is 0 Å². The maximum Gasteiger partial charge on any atom is 0.237 e. The quantitative estimate of drug-likeness (QED) is 0.741. The number of rotatable bonds is 7. The van der Waals surface area contributed by atoms with Crippen LogP contribution in [0.1, 0.15) is 30.0 Å². The van der Waals surface area contributed by atoms with Gasteiger partial charge < -0.3 is 10.6 Å². The molecule has 0 aromatic carbocycles. The maximum atomic E-state index is 12.6. The van der Waals surface area contributed by atoms with Gasteiger partial charge in [-0.05, 0) is 35.7 Å². The number of hydrogen-bond donors (Lipinski definition) is 2. The fourth-order valence-corrected chi connectivity index (χ4v) is 5.96. The van der Waals surface area contributed by atoms with E-state index in [1.807, 2.05) is 16.8 Å². The van der Waals surface area contributed by atoms with Gasteiger partial charge in [-0.2, -0.15) is 11.3 Å². The summed E-state index contributed by atoms with van der Waals surface area (Å²) in [6, 6.07) is 1.26. The Kier molecular flexibility index (Phi) is 5.88. The van der Waals surface area contributed by atoms with Gasteiger partial charge in [0.2, 0.25) is 5.91 Å². The molecular formula is C16H21N3O3S3. The molecular weight excluding hydrogens is 378 g/mol. The third kappa shape index (κ3) is 5.10. The van der Waals surface area contributed by atoms with Crippen LogP contribution in [0, 0.1) is 0 Å². The van der Waals surface area contributed by atoms with Gasteiger partial charge in [0, 0.05) is 24.0 Å². The van der Waals surface area contributed by atoms with Crippen molar-refractivity contribution in [2.75, 3.05) is 11.5 Å². The number of nitrogens with zero attached hydrogens (tertiary/aromatic N) is 1. The molecule has 136 valence electrons. The van der Waals surface area contributed by atoms with E-state index in [1.54, 1.807) is 24.5 Å². The molecule has 1 aliphatic rings. The number of aromatic nitrogens is 1. The first-order valence-electron chi connectivity index (χ1n) is 8.10. The molecule has 2 aromatic rings. The second-order valence-corrected chi connectivity index (χ2v) is 10.2. The van der Waals surface area contributed by atoms with Crippen molar-refractivity contribution in [3.05, 3.63) is 39.0 Å². The number of carbonyl (C=O) groups is 1. The standard InChI is InChI=1S/C16H21N3O3S3/c1-11(18-13-3-7-25(21,22)10-13)15(20)19-14(16-17-4-6-24-16)8-12-2-5-23-9-12/h2,4-6,9,11,13-14,18H,3,7-8,10H2,1H3,(H,19,20). The van der Waals surface area contributed by atoms with Gasteiger partial charge in [-0.1, -0.05) is 0 Å². The SMILES string of the molecule is CC(NC1CCS(=O)(=O)C1)C(=O)NC(Cc1ccsc1)c1nccs1. The third-order valence-corrected chi connectivity index (χ3v) is 7.59. The van der Waals surface area contributed by atoms with Gasteiger partial charge in [-0.25, -0.2) is 13.4 Å². The van der Waals surface area contributed by atoms with Crippen molar-refractivity contribution in [2.45, 2.75) is 37.9 Å². The number of hydrogen-bond acceptors (Lipinski definition) is 7. The lowest BCUT2D eigenvalue weighted by Gasteiger charge is -2.22. The highest BCUT2D eigenvalue weighted by Gasteiger charge is 2.30. The van der Waals surface area contributed by atoms with Gasteiger partial charge in [-0.3, -0.25) is 4.79 Å². The number of thiazole rings is 1. The Balaban J connectivity index is 1.61. The van der Waals surface area contributed by atoms with Crippen molar-refractivity contribution in [2.24, 2.45) is 0 Å². The summed E-state index contributed by atoms with van der Waals surface area (Å²) in [6.07, 6.45) is 2.98. The van der Waals surface area contributed by atoms with Crippen molar-refractivity contribution in [1.29, 1.82) is 0 Å². The highest BCUT2D eigenvalue weighted by molar-refractivity contribution is 7.91. The molecule has 25 heavy (non-hydrogen) atoms. The summed E-state index contributed by atoms with van der Waals surface area (Å²) in [6.45, 7) is 1.77. The van der Waals surface area contributed by atoms with E-state index in [1.165, 1.54) is 11.3 Å². The monoisotopic (exact) mass is 399 g/mol. The normalized spacial score (nSPS) is 21.7. The van der Waals surface area contributed by atoms with Crippen LogP contribution in [0.2, 0.25) is 0 Å². The predicted molar refractivity (Wildman–Crippen MR) is 101 cm³/mol. The molecule has 3 unspecified atom stereocenters. The molecule has 3 heterocycles. The van der Waals surface area contributed by atoms with Crippen LogP contribution in [0.5, 0.6) is 0 Å². The molecule has 3 rings (SSSR count). The van der Waals surface area contributed by atoms with Crippen LogP contribution < -0.4 is 10.6 Å². The van der Waals surface area contributed by atoms with Gasteiger partial charge in [-0.15, -0.1) is 11.3 Å². The number of thiophene rings is 1. The molecule has 3 atom stereocenters. The zero-order chi connectivity index (χ0) is 17.9. The van der Waals surface area contributed by atoms with E-state index in [2.05, 4.69) is 21.0 Å². The molecule has 0 spiro atoms. The number of amides is 1. The zero-order valence-electron chi connectivity index (χ0n) is 13.8. The van der Waals surface area contributed by atoms with E-state index in [-0.39, 0.29) is 29.5 Å². The topological polar surface area (TPSA) is 88.2 Å². The molecule has 0 bridgehead atoms. The smallest absolute Gasteiger partial charge is 0.237 e. The predicted octanol–water partition coefficient (Wildman–Crippen LogP) is 1.77. The lowest BCUT2D eigenvalue weighted by molar-refractivity contribution is -0.123. The molecule has 1 amide bonds. The van der Waals surface area contributed by atoms with E-state index >= 15 is 0 Å². The van der Waals surface area contributed by atoms with Gasteiger partial charge in [0.25, 0.3) is 0 Å². The lowest BCUT2D eigenvalue weighted by atomic mass is 10.1. The van der Waals surface area contributed by atoms with Crippen molar-refractivity contribution >= 4 is 38.4 Å². The van der Waals surface area contributed by atoms with Crippen LogP contribution in [0.25, 0.3) is 0 Å². The first kappa shape index (κ1) is 18.5. The summed E-state index contributed by atoms with van der Waals surface area (Å²) in [5, 5.41) is 13.0. The molecule has 1 saturated heterocycles. The van der Waals surface area contributed by atoms with E-state index in [9.17, 15) is 13.2 Å². The molecule has 1 aliphatic heterocycles. The molecule has 0 aliphatic carbocycles. The molecule has 9 heteroatoms. The van der Waals surface area contributed by atoms with E-state index < -0.39 is 15.9 Å². The highest BCUT2D eigenvalue weighted by atomic mass is 32.2. The minimum absolute atomic E-state index is 0.107. The Labute approximate surface area is 155 Å². The minimum atomic E-state index is -2.96. The zero-order valence-corrected chi connectivity index (χ0v) is 16.3. The number of sulfone groups is 1. The second kappa shape index (κ2) is 7.94. The largest absolute Gasteiger partial charge is 0.345 e. The van der Waals surface area contributed by atoms with Crippen LogP contribution in [0.4, 0.5) is 0 Å². The van der Waals surface area contributed by atoms with Gasteiger partial charge >= 0.3 is 0 Å². The Morgan fingerprint density at radius 2 is 2.28 bits per heavy atom. The Hall–Kier alpha value is -1.29. The van der Waals surface area contributed by atoms with Crippen molar-refractivity contribution in [3.8, 4) is 0 Å². The Bertz CT molecular complexity index is 788. The highest BCUT2D eigenvalue weighted by Crippen LogP contribution is 2.22. The van der Waals surface area contributed by atoms with Crippen LogP contribution in [0.15, 0.2) is 28.4 Å². The Morgan fingerprint density at radius 1 is 1.44 bits per heavy atom. The minimum Gasteiger partial charge on any atom is -0.345 e. The number of nitrogens with one attached hydrogen (secondary N) is 2. The molecule has 0 saturated carbocycles. The van der Waals surface area contributed by atoms with Crippen molar-refractivity contribution in [1.82, 2.24) is 15.6 Å². The van der Waals surface area contributed by atoms with Crippen LogP contribution >= 0.6 is 22.7 Å². The van der Waals surface area contributed by atoms with Gasteiger partial charge in [0.1, 0.15) is 5.01 Å². The summed E-state index contributed by atoms with van der Waals surface area (Å²) in [5.41, 5.74) is 1.16. The molecule has 1 fully saturated rings. The average molecular weight is 400 g/mol. The van der Waals surface area contributed by atoms with E-state index in [0.717, 1.165) is 10.6 Å². The average Bonchev–Trinajstić information content (AvgIpc) is 3.28. The summed E-state index contributed by atoms with van der Waals surface area (Å²) >= 11 is 3.14. The summed E-state index contributed by atoms with van der Waals surface area (Å²) in [4.78, 5) is 16.9. The number of carbonyl (C=O) groups excluding carboxylic acids is 1. The summed E-state index contributed by atoms with van der Waals surface area (Å²) in [5.74, 6) is 0.161. The van der Waals surface area contributed by atoms with Crippen LogP contribution in [-0.2, 0) is 21.1 Å². The third-order valence-electron chi connectivity index (χ3n) is 4.20.